The molecule has 1 aromatic carbocycles. The van der Waals surface area contributed by atoms with Gasteiger partial charge in [0.15, 0.2) is 0 Å². The molecular formula is C14H20N2O2. The average molecular weight is 248 g/mol. The van der Waals surface area contributed by atoms with Gasteiger partial charge in [0.2, 0.25) is 5.91 Å². The SMILES string of the molecule is CC(O)c1ccccc1NC(=O)C(C)(N)C1CC1. The van der Waals surface area contributed by atoms with E-state index in [-0.39, 0.29) is 11.8 Å². The minimum absolute atomic E-state index is 0.182. The fourth-order valence-electron chi connectivity index (χ4n) is 2.10. The third-order valence-electron chi connectivity index (χ3n) is 3.57. The number of aliphatic hydroxyl groups excluding tert-OH is 1. The molecule has 1 fully saturated rings. The number of para-hydroxylation sites is 1. The van der Waals surface area contributed by atoms with E-state index in [9.17, 15) is 9.90 Å². The lowest BCUT2D eigenvalue weighted by Crippen LogP contribution is -2.50. The largest absolute Gasteiger partial charge is 0.389 e. The van der Waals surface area contributed by atoms with E-state index in [1.165, 1.54) is 0 Å². The van der Waals surface area contributed by atoms with Crippen LogP contribution in [0.4, 0.5) is 5.69 Å². The molecule has 2 unspecified atom stereocenters. The zero-order valence-corrected chi connectivity index (χ0v) is 10.8. The molecule has 98 valence electrons. The Morgan fingerprint density at radius 1 is 1.50 bits per heavy atom. The van der Waals surface area contributed by atoms with Crippen molar-refractivity contribution in [1.82, 2.24) is 0 Å². The lowest BCUT2D eigenvalue weighted by atomic mass is 9.95. The van der Waals surface area contributed by atoms with Crippen LogP contribution in [0.5, 0.6) is 0 Å². The quantitative estimate of drug-likeness (QED) is 0.760. The van der Waals surface area contributed by atoms with Crippen LogP contribution in [0.25, 0.3) is 0 Å². The van der Waals surface area contributed by atoms with Crippen LogP contribution in [0.3, 0.4) is 0 Å². The molecule has 0 aliphatic heterocycles. The monoisotopic (exact) mass is 248 g/mol. The first-order valence-corrected chi connectivity index (χ1v) is 6.30. The number of hydrogen-bond donors (Lipinski definition) is 3. The molecule has 1 aromatic rings. The van der Waals surface area contributed by atoms with Gasteiger partial charge < -0.3 is 16.2 Å². The number of rotatable bonds is 4. The molecule has 0 aromatic heterocycles. The summed E-state index contributed by atoms with van der Waals surface area (Å²) in [5.74, 6) is 0.0920. The Morgan fingerprint density at radius 3 is 2.67 bits per heavy atom. The molecule has 0 saturated heterocycles. The first-order valence-electron chi connectivity index (χ1n) is 6.30. The van der Waals surface area contributed by atoms with Crippen molar-refractivity contribution >= 4 is 11.6 Å². The van der Waals surface area contributed by atoms with Crippen LogP contribution >= 0.6 is 0 Å². The summed E-state index contributed by atoms with van der Waals surface area (Å²) < 4.78 is 0. The normalized spacial score (nSPS) is 20.0. The Kier molecular flexibility index (Phi) is 3.41. The van der Waals surface area contributed by atoms with Gasteiger partial charge in [-0.3, -0.25) is 4.79 Å². The standard InChI is InChI=1S/C14H20N2O2/c1-9(17)11-5-3-4-6-12(11)16-13(18)14(2,15)10-7-8-10/h3-6,9-10,17H,7-8,15H2,1-2H3,(H,16,18). The van der Waals surface area contributed by atoms with Gasteiger partial charge in [0.1, 0.15) is 0 Å². The van der Waals surface area contributed by atoms with E-state index in [0.717, 1.165) is 12.8 Å². The molecule has 1 saturated carbocycles. The molecule has 2 rings (SSSR count). The highest BCUT2D eigenvalue weighted by molar-refractivity contribution is 5.98. The predicted molar refractivity (Wildman–Crippen MR) is 71.0 cm³/mol. The Bertz CT molecular complexity index is 451. The zero-order valence-electron chi connectivity index (χ0n) is 10.8. The summed E-state index contributed by atoms with van der Waals surface area (Å²) in [6, 6.07) is 7.24. The van der Waals surface area contributed by atoms with Gasteiger partial charge in [-0.2, -0.15) is 0 Å². The lowest BCUT2D eigenvalue weighted by molar-refractivity contribution is -0.121. The summed E-state index contributed by atoms with van der Waals surface area (Å²) in [6.45, 7) is 3.44. The molecule has 18 heavy (non-hydrogen) atoms. The predicted octanol–water partition coefficient (Wildman–Crippen LogP) is 1.81. The van der Waals surface area contributed by atoms with Gasteiger partial charge >= 0.3 is 0 Å². The maximum atomic E-state index is 12.2. The topological polar surface area (TPSA) is 75.3 Å². The molecule has 1 amide bonds. The Morgan fingerprint density at radius 2 is 2.11 bits per heavy atom. The van der Waals surface area contributed by atoms with E-state index in [2.05, 4.69) is 5.32 Å². The van der Waals surface area contributed by atoms with Gasteiger partial charge in [0.25, 0.3) is 0 Å². The van der Waals surface area contributed by atoms with Crippen molar-refractivity contribution in [2.45, 2.75) is 38.3 Å². The van der Waals surface area contributed by atoms with Crippen molar-refractivity contribution in [3.8, 4) is 0 Å². The highest BCUT2D eigenvalue weighted by Gasteiger charge is 2.44. The van der Waals surface area contributed by atoms with Gasteiger partial charge in [0.05, 0.1) is 11.6 Å². The minimum atomic E-state index is -0.828. The molecule has 1 aliphatic rings. The summed E-state index contributed by atoms with van der Waals surface area (Å²) in [5, 5.41) is 12.5. The van der Waals surface area contributed by atoms with Crippen molar-refractivity contribution < 1.29 is 9.90 Å². The van der Waals surface area contributed by atoms with Crippen LogP contribution in [-0.4, -0.2) is 16.6 Å². The molecule has 0 bridgehead atoms. The third kappa shape index (κ3) is 2.54. The van der Waals surface area contributed by atoms with E-state index in [1.807, 2.05) is 12.1 Å². The Hall–Kier alpha value is -1.39. The van der Waals surface area contributed by atoms with Gasteiger partial charge in [-0.15, -0.1) is 0 Å². The van der Waals surface area contributed by atoms with E-state index < -0.39 is 11.6 Å². The third-order valence-corrected chi connectivity index (χ3v) is 3.57. The number of anilines is 1. The second-order valence-electron chi connectivity index (χ2n) is 5.27. The van der Waals surface area contributed by atoms with E-state index in [0.29, 0.717) is 11.3 Å². The van der Waals surface area contributed by atoms with Crippen LogP contribution in [0.15, 0.2) is 24.3 Å². The van der Waals surface area contributed by atoms with Crippen LogP contribution < -0.4 is 11.1 Å². The van der Waals surface area contributed by atoms with E-state index in [4.69, 9.17) is 5.73 Å². The number of hydrogen-bond acceptors (Lipinski definition) is 3. The van der Waals surface area contributed by atoms with Crippen LogP contribution in [0.2, 0.25) is 0 Å². The second-order valence-corrected chi connectivity index (χ2v) is 5.27. The molecule has 4 nitrogen and oxygen atoms in total. The van der Waals surface area contributed by atoms with Gasteiger partial charge in [0, 0.05) is 11.3 Å². The van der Waals surface area contributed by atoms with Crippen molar-refractivity contribution in [2.75, 3.05) is 5.32 Å². The summed E-state index contributed by atoms with van der Waals surface area (Å²) in [7, 11) is 0. The van der Waals surface area contributed by atoms with Crippen LogP contribution in [0.1, 0.15) is 38.4 Å². The first kappa shape index (κ1) is 13.1. The van der Waals surface area contributed by atoms with Crippen molar-refractivity contribution in [3.05, 3.63) is 29.8 Å². The van der Waals surface area contributed by atoms with Crippen molar-refractivity contribution in [2.24, 2.45) is 11.7 Å². The number of amides is 1. The lowest BCUT2D eigenvalue weighted by Gasteiger charge is -2.24. The zero-order chi connectivity index (χ0) is 13.3. The number of nitrogens with one attached hydrogen (secondary N) is 1. The smallest absolute Gasteiger partial charge is 0.244 e. The maximum Gasteiger partial charge on any atom is 0.244 e. The van der Waals surface area contributed by atoms with Crippen molar-refractivity contribution in [1.29, 1.82) is 0 Å². The fraction of sp³-hybridized carbons (Fsp3) is 0.500. The Labute approximate surface area is 107 Å². The summed E-state index contributed by atoms with van der Waals surface area (Å²) in [6.07, 6.45) is 1.41. The van der Waals surface area contributed by atoms with Crippen molar-refractivity contribution in [3.63, 3.8) is 0 Å². The average Bonchev–Trinajstić information content (AvgIpc) is 3.13. The van der Waals surface area contributed by atoms with E-state index >= 15 is 0 Å². The molecule has 0 heterocycles. The van der Waals surface area contributed by atoms with E-state index in [1.54, 1.807) is 26.0 Å². The number of aliphatic hydroxyl groups is 1. The van der Waals surface area contributed by atoms with Gasteiger partial charge in [-0.1, -0.05) is 18.2 Å². The van der Waals surface area contributed by atoms with Gasteiger partial charge in [-0.25, -0.2) is 0 Å². The van der Waals surface area contributed by atoms with Gasteiger partial charge in [-0.05, 0) is 38.7 Å². The molecule has 1 aliphatic carbocycles. The molecule has 0 radical (unpaired) electrons. The Balaban J connectivity index is 2.16. The molecule has 0 spiro atoms. The highest BCUT2D eigenvalue weighted by atomic mass is 16.3. The summed E-state index contributed by atoms with van der Waals surface area (Å²) in [5.41, 5.74) is 6.58. The molecular weight excluding hydrogens is 228 g/mol. The molecule has 4 heteroatoms. The number of carbonyl (C=O) groups excluding carboxylic acids is 1. The fourth-order valence-corrected chi connectivity index (χ4v) is 2.10. The summed E-state index contributed by atoms with van der Waals surface area (Å²) >= 11 is 0. The molecule has 4 N–H and O–H groups in total. The first-order chi connectivity index (χ1) is 8.43. The minimum Gasteiger partial charge on any atom is -0.389 e. The molecule has 2 atom stereocenters. The second kappa shape index (κ2) is 4.71. The summed E-state index contributed by atoms with van der Waals surface area (Å²) in [4.78, 5) is 12.2. The van der Waals surface area contributed by atoms with Crippen LogP contribution in [0, 0.1) is 5.92 Å². The number of carbonyl (C=O) groups is 1. The maximum absolute atomic E-state index is 12.2. The highest BCUT2D eigenvalue weighted by Crippen LogP contribution is 2.38. The number of nitrogens with two attached hydrogens (primary N) is 1. The van der Waals surface area contributed by atoms with Crippen LogP contribution in [-0.2, 0) is 4.79 Å². The number of benzene rings is 1.